The number of carbonyl (C=O) groups is 2. The first-order valence-electron chi connectivity index (χ1n) is 11.1. The Labute approximate surface area is 205 Å². The Bertz CT molecular complexity index is 1300. The monoisotopic (exact) mass is 496 g/mol. The van der Waals surface area contributed by atoms with Gasteiger partial charge in [0.05, 0.1) is 10.6 Å². The van der Waals surface area contributed by atoms with Crippen LogP contribution in [0.3, 0.4) is 0 Å². The van der Waals surface area contributed by atoms with Crippen molar-refractivity contribution in [1.82, 2.24) is 4.31 Å². The van der Waals surface area contributed by atoms with Crippen LogP contribution in [0.5, 0.6) is 17.2 Å². The zero-order valence-corrected chi connectivity index (χ0v) is 20.9. The van der Waals surface area contributed by atoms with Crippen LogP contribution in [0.25, 0.3) is 0 Å². The molecule has 0 heterocycles. The van der Waals surface area contributed by atoms with E-state index in [1.54, 1.807) is 26.0 Å². The largest absolute Gasteiger partial charge is 0.455 e. The molecule has 9 heteroatoms. The summed E-state index contributed by atoms with van der Waals surface area (Å²) in [5, 5.41) is 2.75. The summed E-state index contributed by atoms with van der Waals surface area (Å²) in [4.78, 5) is 24.1. The van der Waals surface area contributed by atoms with Crippen LogP contribution in [0.4, 0.5) is 5.69 Å². The maximum Gasteiger partial charge on any atom is 0.308 e. The molecular weight excluding hydrogens is 468 g/mol. The molecule has 0 aliphatic rings. The summed E-state index contributed by atoms with van der Waals surface area (Å²) in [6, 6.07) is 17.7. The average molecular weight is 497 g/mol. The minimum absolute atomic E-state index is 0.0398. The van der Waals surface area contributed by atoms with E-state index in [0.717, 1.165) is 5.56 Å². The van der Waals surface area contributed by atoms with Crippen molar-refractivity contribution in [2.45, 2.75) is 32.6 Å². The standard InChI is InChI=1S/C26H28N2O6S/c1-5-28(6-2)35(31,32)23-15-16-25(34-22-11-7-18(3)8-12-22)24(17-23)27-26(30)20-9-13-21(14-10-20)33-19(4)29/h7-17H,5-6H2,1-4H3,(H,27,30). The minimum atomic E-state index is -3.76. The van der Waals surface area contributed by atoms with Gasteiger partial charge in [-0.2, -0.15) is 4.31 Å². The number of nitrogens with zero attached hydrogens (tertiary/aromatic N) is 1. The van der Waals surface area contributed by atoms with E-state index in [1.165, 1.54) is 53.7 Å². The van der Waals surface area contributed by atoms with Gasteiger partial charge in [-0.25, -0.2) is 8.42 Å². The summed E-state index contributed by atoms with van der Waals surface area (Å²) < 4.78 is 38.4. The lowest BCUT2D eigenvalue weighted by atomic mass is 10.2. The van der Waals surface area contributed by atoms with Gasteiger partial charge in [0.2, 0.25) is 10.0 Å². The van der Waals surface area contributed by atoms with Crippen molar-refractivity contribution in [1.29, 1.82) is 0 Å². The average Bonchev–Trinajstić information content (AvgIpc) is 2.82. The van der Waals surface area contributed by atoms with Gasteiger partial charge in [-0.05, 0) is 61.5 Å². The molecule has 184 valence electrons. The SMILES string of the molecule is CCN(CC)S(=O)(=O)c1ccc(Oc2ccc(C)cc2)c(NC(=O)c2ccc(OC(C)=O)cc2)c1. The molecule has 1 N–H and O–H groups in total. The van der Waals surface area contributed by atoms with Crippen LogP contribution in [0.2, 0.25) is 0 Å². The number of ether oxygens (including phenoxy) is 2. The number of hydrogen-bond acceptors (Lipinski definition) is 6. The van der Waals surface area contributed by atoms with E-state index < -0.39 is 21.9 Å². The second kappa shape index (κ2) is 11.2. The molecular formula is C26H28N2O6S. The smallest absolute Gasteiger partial charge is 0.308 e. The van der Waals surface area contributed by atoms with Crippen molar-refractivity contribution in [3.8, 4) is 17.2 Å². The molecule has 0 fully saturated rings. The molecule has 0 spiro atoms. The Balaban J connectivity index is 1.96. The number of sulfonamides is 1. The minimum Gasteiger partial charge on any atom is -0.455 e. The third-order valence-corrected chi connectivity index (χ3v) is 7.22. The predicted octanol–water partition coefficient (Wildman–Crippen LogP) is 5.00. The van der Waals surface area contributed by atoms with Crippen molar-refractivity contribution in [2.75, 3.05) is 18.4 Å². The van der Waals surface area contributed by atoms with Crippen molar-refractivity contribution < 1.29 is 27.5 Å². The van der Waals surface area contributed by atoms with E-state index >= 15 is 0 Å². The molecule has 0 aromatic heterocycles. The van der Waals surface area contributed by atoms with Crippen molar-refractivity contribution >= 4 is 27.6 Å². The molecule has 0 saturated carbocycles. The number of carbonyl (C=O) groups excluding carboxylic acids is 2. The summed E-state index contributed by atoms with van der Waals surface area (Å²) in [6.07, 6.45) is 0. The zero-order chi connectivity index (χ0) is 25.6. The number of benzene rings is 3. The quantitative estimate of drug-likeness (QED) is 0.331. The van der Waals surface area contributed by atoms with Gasteiger partial charge in [0.15, 0.2) is 5.75 Å². The maximum atomic E-state index is 13.1. The van der Waals surface area contributed by atoms with E-state index in [4.69, 9.17) is 9.47 Å². The highest BCUT2D eigenvalue weighted by Gasteiger charge is 2.24. The molecule has 0 radical (unpaired) electrons. The number of esters is 1. The van der Waals surface area contributed by atoms with Crippen molar-refractivity contribution in [3.05, 3.63) is 77.9 Å². The topological polar surface area (TPSA) is 102 Å². The van der Waals surface area contributed by atoms with Crippen molar-refractivity contribution in [2.24, 2.45) is 0 Å². The molecule has 0 aliphatic heterocycles. The van der Waals surface area contributed by atoms with Crippen LogP contribution in [0.15, 0.2) is 71.6 Å². The second-order valence-corrected chi connectivity index (χ2v) is 9.67. The summed E-state index contributed by atoms with van der Waals surface area (Å²) in [5.41, 5.74) is 1.55. The zero-order valence-electron chi connectivity index (χ0n) is 20.1. The molecule has 0 unspecified atom stereocenters. The van der Waals surface area contributed by atoms with Crippen LogP contribution in [-0.2, 0) is 14.8 Å². The van der Waals surface area contributed by atoms with Gasteiger partial charge in [-0.1, -0.05) is 31.5 Å². The second-order valence-electron chi connectivity index (χ2n) is 7.73. The molecule has 0 bridgehead atoms. The number of aryl methyl sites for hydroxylation is 1. The van der Waals surface area contributed by atoms with Gasteiger partial charge in [0, 0.05) is 25.6 Å². The number of amides is 1. The lowest BCUT2D eigenvalue weighted by Crippen LogP contribution is -2.30. The number of rotatable bonds is 9. The Morgan fingerprint density at radius 2 is 1.49 bits per heavy atom. The predicted molar refractivity (Wildman–Crippen MR) is 134 cm³/mol. The third kappa shape index (κ3) is 6.46. The summed E-state index contributed by atoms with van der Waals surface area (Å²) in [5.74, 6) is 0.190. The van der Waals surface area contributed by atoms with Crippen LogP contribution in [-0.4, -0.2) is 37.7 Å². The van der Waals surface area contributed by atoms with Crippen LogP contribution < -0.4 is 14.8 Å². The first kappa shape index (κ1) is 25.9. The Hall–Kier alpha value is -3.69. The molecule has 0 saturated heterocycles. The highest BCUT2D eigenvalue weighted by molar-refractivity contribution is 7.89. The fourth-order valence-corrected chi connectivity index (χ4v) is 4.82. The number of anilines is 1. The van der Waals surface area contributed by atoms with Gasteiger partial charge >= 0.3 is 5.97 Å². The van der Waals surface area contributed by atoms with E-state index in [1.807, 2.05) is 19.1 Å². The molecule has 0 aliphatic carbocycles. The van der Waals surface area contributed by atoms with E-state index in [0.29, 0.717) is 30.2 Å². The highest BCUT2D eigenvalue weighted by Crippen LogP contribution is 2.33. The summed E-state index contributed by atoms with van der Waals surface area (Å²) in [6.45, 7) is 7.40. The number of nitrogens with one attached hydrogen (secondary N) is 1. The summed E-state index contributed by atoms with van der Waals surface area (Å²) >= 11 is 0. The van der Waals surface area contributed by atoms with Crippen LogP contribution in [0.1, 0.15) is 36.7 Å². The van der Waals surface area contributed by atoms with Crippen molar-refractivity contribution in [3.63, 3.8) is 0 Å². The fourth-order valence-electron chi connectivity index (χ4n) is 3.34. The molecule has 3 rings (SSSR count). The van der Waals surface area contributed by atoms with E-state index in [2.05, 4.69) is 5.32 Å². The van der Waals surface area contributed by atoms with Gasteiger partial charge in [0.25, 0.3) is 5.91 Å². The molecule has 3 aromatic rings. The molecule has 0 atom stereocenters. The fraction of sp³-hybridized carbons (Fsp3) is 0.231. The Morgan fingerprint density at radius 1 is 0.886 bits per heavy atom. The van der Waals surface area contributed by atoms with Gasteiger partial charge in [-0.3, -0.25) is 9.59 Å². The number of hydrogen-bond donors (Lipinski definition) is 1. The van der Waals surface area contributed by atoms with E-state index in [9.17, 15) is 18.0 Å². The Morgan fingerprint density at radius 3 is 2.06 bits per heavy atom. The normalized spacial score (nSPS) is 11.2. The molecule has 8 nitrogen and oxygen atoms in total. The van der Waals surface area contributed by atoms with Crippen LogP contribution >= 0.6 is 0 Å². The maximum absolute atomic E-state index is 13.1. The van der Waals surface area contributed by atoms with Gasteiger partial charge < -0.3 is 14.8 Å². The lowest BCUT2D eigenvalue weighted by molar-refractivity contribution is -0.131. The summed E-state index contributed by atoms with van der Waals surface area (Å²) in [7, 11) is -3.76. The highest BCUT2D eigenvalue weighted by atomic mass is 32.2. The molecule has 1 amide bonds. The lowest BCUT2D eigenvalue weighted by Gasteiger charge is -2.20. The third-order valence-electron chi connectivity index (χ3n) is 5.17. The van der Waals surface area contributed by atoms with E-state index in [-0.39, 0.29) is 16.3 Å². The Kier molecular flexibility index (Phi) is 8.26. The molecule has 35 heavy (non-hydrogen) atoms. The van der Waals surface area contributed by atoms with Crippen LogP contribution in [0, 0.1) is 6.92 Å². The first-order chi connectivity index (χ1) is 16.6. The van der Waals surface area contributed by atoms with Gasteiger partial charge in [-0.15, -0.1) is 0 Å². The first-order valence-corrected chi connectivity index (χ1v) is 12.6. The molecule has 3 aromatic carbocycles. The van der Waals surface area contributed by atoms with Gasteiger partial charge in [0.1, 0.15) is 11.5 Å².